The number of aliphatic hydroxyl groups excluding tert-OH is 1. The van der Waals surface area contributed by atoms with Crippen LogP contribution in [0.2, 0.25) is 5.02 Å². The fourth-order valence-corrected chi connectivity index (χ4v) is 3.03. The van der Waals surface area contributed by atoms with E-state index in [0.29, 0.717) is 10.6 Å². The van der Waals surface area contributed by atoms with E-state index in [2.05, 4.69) is 4.90 Å². The highest BCUT2D eigenvalue weighted by atomic mass is 35.5. The predicted octanol–water partition coefficient (Wildman–Crippen LogP) is 3.65. The highest BCUT2D eigenvalue weighted by Crippen LogP contribution is 2.27. The Hall–Kier alpha value is -0.640. The molecule has 1 aliphatic rings. The first-order valence-electron chi connectivity index (χ1n) is 7.28. The Labute approximate surface area is 125 Å². The van der Waals surface area contributed by atoms with Crippen molar-refractivity contribution in [2.75, 3.05) is 13.1 Å². The molecule has 0 aliphatic carbocycles. The summed E-state index contributed by atoms with van der Waals surface area (Å²) in [5, 5.41) is 11.1. The summed E-state index contributed by atoms with van der Waals surface area (Å²) in [5.41, 5.74) is 0.130. The van der Waals surface area contributed by atoms with Crippen LogP contribution in [0.1, 0.15) is 38.7 Å². The number of likely N-dealkylation sites (tertiary alicyclic amines) is 1. The highest BCUT2D eigenvalue weighted by molar-refractivity contribution is 6.30. The van der Waals surface area contributed by atoms with E-state index in [4.69, 9.17) is 11.6 Å². The van der Waals surface area contributed by atoms with E-state index in [9.17, 15) is 9.50 Å². The van der Waals surface area contributed by atoms with Crippen LogP contribution in [-0.4, -0.2) is 34.7 Å². The number of aliphatic hydroxyl groups is 1. The van der Waals surface area contributed by atoms with Crippen molar-refractivity contribution in [1.82, 2.24) is 4.90 Å². The Bertz CT molecular complexity index is 458. The molecular weight excluding hydrogens is 277 g/mol. The summed E-state index contributed by atoms with van der Waals surface area (Å²) in [5.74, 6) is -0.303. The maximum Gasteiger partial charge on any atom is 0.126 e. The molecule has 1 saturated heterocycles. The van der Waals surface area contributed by atoms with Gasteiger partial charge in [0.2, 0.25) is 0 Å². The molecule has 20 heavy (non-hydrogen) atoms. The zero-order valence-corrected chi connectivity index (χ0v) is 13.0. The summed E-state index contributed by atoms with van der Waals surface area (Å²) in [4.78, 5) is 2.31. The molecule has 0 aromatic heterocycles. The van der Waals surface area contributed by atoms with Crippen molar-refractivity contribution in [2.45, 2.75) is 51.2 Å². The van der Waals surface area contributed by atoms with E-state index in [-0.39, 0.29) is 17.8 Å². The first-order chi connectivity index (χ1) is 9.41. The minimum absolute atomic E-state index is 0.288. The molecule has 0 amide bonds. The van der Waals surface area contributed by atoms with E-state index in [0.717, 1.165) is 13.1 Å². The molecule has 1 N–H and O–H groups in total. The van der Waals surface area contributed by atoms with Crippen molar-refractivity contribution in [1.29, 1.82) is 0 Å². The summed E-state index contributed by atoms with van der Waals surface area (Å²) >= 11 is 5.90. The molecule has 1 aliphatic heterocycles. The maximum absolute atomic E-state index is 13.8. The van der Waals surface area contributed by atoms with Gasteiger partial charge in [-0.2, -0.15) is 0 Å². The number of nitrogens with zero attached hydrogens (tertiary/aromatic N) is 1. The summed E-state index contributed by atoms with van der Waals surface area (Å²) in [6.45, 7) is 6.07. The summed E-state index contributed by atoms with van der Waals surface area (Å²) < 4.78 is 13.8. The van der Waals surface area contributed by atoms with Gasteiger partial charge in [-0.15, -0.1) is 0 Å². The van der Waals surface area contributed by atoms with Gasteiger partial charge in [-0.1, -0.05) is 18.0 Å². The third-order valence-electron chi connectivity index (χ3n) is 4.41. The highest BCUT2D eigenvalue weighted by Gasteiger charge is 2.35. The monoisotopic (exact) mass is 299 g/mol. The van der Waals surface area contributed by atoms with Gasteiger partial charge in [-0.25, -0.2) is 4.39 Å². The van der Waals surface area contributed by atoms with Crippen molar-refractivity contribution >= 4 is 11.6 Å². The van der Waals surface area contributed by atoms with E-state index >= 15 is 0 Å². The number of rotatable bonds is 4. The number of hydrogen-bond acceptors (Lipinski definition) is 2. The predicted molar refractivity (Wildman–Crippen MR) is 80.6 cm³/mol. The normalized spacial score (nSPS) is 19.1. The average molecular weight is 300 g/mol. The van der Waals surface area contributed by atoms with Gasteiger partial charge in [-0.05, 0) is 63.5 Å². The van der Waals surface area contributed by atoms with Crippen molar-refractivity contribution in [2.24, 2.45) is 0 Å². The third kappa shape index (κ3) is 3.51. The van der Waals surface area contributed by atoms with Crippen LogP contribution >= 0.6 is 11.6 Å². The smallest absolute Gasteiger partial charge is 0.126 e. The minimum Gasteiger partial charge on any atom is -0.391 e. The molecule has 0 radical (unpaired) electrons. The fraction of sp³-hybridized carbons (Fsp3) is 0.625. The molecule has 0 bridgehead atoms. The fourth-order valence-electron chi connectivity index (χ4n) is 2.84. The van der Waals surface area contributed by atoms with Gasteiger partial charge >= 0.3 is 0 Å². The minimum atomic E-state index is -0.617. The van der Waals surface area contributed by atoms with E-state index in [1.54, 1.807) is 6.07 Å². The number of benzene rings is 1. The second-order valence-electron chi connectivity index (χ2n) is 6.16. The number of piperidine rings is 1. The first-order valence-corrected chi connectivity index (χ1v) is 7.66. The lowest BCUT2D eigenvalue weighted by Crippen LogP contribution is -2.54. The Morgan fingerprint density at radius 1 is 1.30 bits per heavy atom. The maximum atomic E-state index is 13.8. The molecular formula is C16H23ClFNO. The van der Waals surface area contributed by atoms with Gasteiger partial charge in [0.25, 0.3) is 0 Å². The van der Waals surface area contributed by atoms with Crippen LogP contribution in [0, 0.1) is 5.82 Å². The first kappa shape index (κ1) is 15.7. The number of hydrogen-bond donors (Lipinski definition) is 1. The molecule has 2 nitrogen and oxygen atoms in total. The van der Waals surface area contributed by atoms with Crippen molar-refractivity contribution in [3.8, 4) is 0 Å². The second kappa shape index (κ2) is 6.42. The summed E-state index contributed by atoms with van der Waals surface area (Å²) in [6, 6.07) is 4.49. The molecule has 0 spiro atoms. The Kier molecular flexibility index (Phi) is 5.05. The molecule has 1 unspecified atom stereocenters. The Morgan fingerprint density at radius 2 is 1.95 bits per heavy atom. The van der Waals surface area contributed by atoms with Gasteiger partial charge < -0.3 is 5.11 Å². The van der Waals surface area contributed by atoms with E-state index < -0.39 is 6.10 Å². The van der Waals surface area contributed by atoms with Gasteiger partial charge in [0.15, 0.2) is 0 Å². The summed E-state index contributed by atoms with van der Waals surface area (Å²) in [6.07, 6.45) is 3.26. The van der Waals surface area contributed by atoms with Crippen LogP contribution in [-0.2, 0) is 6.42 Å². The Morgan fingerprint density at radius 3 is 2.60 bits per heavy atom. The van der Waals surface area contributed by atoms with E-state index in [1.165, 1.54) is 31.4 Å². The SMILES string of the molecule is CC(C)(C(O)Cc1cc(Cl)ccc1F)N1CCCCC1. The molecule has 4 heteroatoms. The van der Waals surface area contributed by atoms with Crippen molar-refractivity contribution in [3.63, 3.8) is 0 Å². The number of halogens is 2. The van der Waals surface area contributed by atoms with Crippen LogP contribution in [0.3, 0.4) is 0 Å². The van der Waals surface area contributed by atoms with Gasteiger partial charge in [-0.3, -0.25) is 4.90 Å². The lowest BCUT2D eigenvalue weighted by molar-refractivity contribution is -0.0190. The molecule has 0 saturated carbocycles. The Balaban J connectivity index is 2.09. The summed E-state index contributed by atoms with van der Waals surface area (Å²) in [7, 11) is 0. The standard InChI is InChI=1S/C16H23ClFNO/c1-16(2,19-8-4-3-5-9-19)15(20)11-12-10-13(17)6-7-14(12)18/h6-7,10,15,20H,3-5,8-9,11H2,1-2H3. The van der Waals surface area contributed by atoms with Crippen LogP contribution in [0.25, 0.3) is 0 Å². The van der Waals surface area contributed by atoms with Crippen LogP contribution in [0.4, 0.5) is 4.39 Å². The lowest BCUT2D eigenvalue weighted by Gasteiger charge is -2.44. The molecule has 1 aromatic carbocycles. The van der Waals surface area contributed by atoms with Crippen LogP contribution in [0.15, 0.2) is 18.2 Å². The topological polar surface area (TPSA) is 23.5 Å². The molecule has 1 heterocycles. The molecule has 1 atom stereocenters. The molecule has 2 rings (SSSR count). The van der Waals surface area contributed by atoms with Crippen LogP contribution < -0.4 is 0 Å². The van der Waals surface area contributed by atoms with Crippen molar-refractivity contribution < 1.29 is 9.50 Å². The van der Waals surface area contributed by atoms with Crippen molar-refractivity contribution in [3.05, 3.63) is 34.6 Å². The quantitative estimate of drug-likeness (QED) is 0.917. The van der Waals surface area contributed by atoms with Gasteiger partial charge in [0.05, 0.1) is 6.10 Å². The average Bonchev–Trinajstić information content (AvgIpc) is 2.43. The molecule has 1 fully saturated rings. The van der Waals surface area contributed by atoms with E-state index in [1.807, 2.05) is 13.8 Å². The van der Waals surface area contributed by atoms with Crippen LogP contribution in [0.5, 0.6) is 0 Å². The third-order valence-corrected chi connectivity index (χ3v) is 4.64. The lowest BCUT2D eigenvalue weighted by atomic mass is 9.88. The van der Waals surface area contributed by atoms with Gasteiger partial charge in [0.1, 0.15) is 5.82 Å². The zero-order chi connectivity index (χ0) is 14.8. The second-order valence-corrected chi connectivity index (χ2v) is 6.59. The largest absolute Gasteiger partial charge is 0.391 e. The molecule has 112 valence electrons. The zero-order valence-electron chi connectivity index (χ0n) is 12.2. The molecule has 1 aromatic rings. The van der Waals surface area contributed by atoms with Gasteiger partial charge in [0, 0.05) is 17.0 Å².